The maximum absolute atomic E-state index is 13.4. The van der Waals surface area contributed by atoms with Crippen LogP contribution in [-0.4, -0.2) is 72.3 Å². The summed E-state index contributed by atoms with van der Waals surface area (Å²) < 4.78 is 5.74. The Hall–Kier alpha value is -3.19. The molecule has 1 unspecified atom stereocenters. The molecule has 4 rings (SSSR count). The predicted octanol–water partition coefficient (Wildman–Crippen LogP) is 3.05. The molecule has 0 spiro atoms. The Balaban J connectivity index is 1.59. The van der Waals surface area contributed by atoms with E-state index in [0.29, 0.717) is 53.7 Å². The minimum atomic E-state index is -0.308. The number of hydrogen-bond donors (Lipinski definition) is 0. The molecular weight excluding hydrogens is 406 g/mol. The molecule has 0 aromatic heterocycles. The van der Waals surface area contributed by atoms with Gasteiger partial charge in [0.05, 0.1) is 29.8 Å². The number of nitrogens with zero attached hydrogens (tertiary/aromatic N) is 3. The lowest BCUT2D eigenvalue weighted by atomic mass is 10.0. The zero-order valence-electron chi connectivity index (χ0n) is 18.8. The first-order chi connectivity index (χ1) is 15.4. The molecule has 0 bridgehead atoms. The van der Waals surface area contributed by atoms with Crippen LogP contribution < -0.4 is 4.74 Å². The molecule has 0 aliphatic carbocycles. The Labute approximate surface area is 188 Å². The zero-order chi connectivity index (χ0) is 22.8. The van der Waals surface area contributed by atoms with Crippen LogP contribution in [0.1, 0.15) is 56.4 Å². The second-order valence-electron chi connectivity index (χ2n) is 8.52. The average molecular weight is 436 g/mol. The van der Waals surface area contributed by atoms with Crippen molar-refractivity contribution in [3.05, 3.63) is 64.7 Å². The van der Waals surface area contributed by atoms with Crippen molar-refractivity contribution < 1.29 is 19.1 Å². The van der Waals surface area contributed by atoms with Crippen LogP contribution in [0.2, 0.25) is 0 Å². The van der Waals surface area contributed by atoms with Gasteiger partial charge in [-0.2, -0.15) is 0 Å². The van der Waals surface area contributed by atoms with E-state index in [1.165, 1.54) is 4.90 Å². The monoisotopic (exact) mass is 435 g/mol. The quantitative estimate of drug-likeness (QED) is 0.653. The number of hydrogen-bond acceptors (Lipinski definition) is 5. The first-order valence-corrected chi connectivity index (χ1v) is 11.1. The van der Waals surface area contributed by atoms with E-state index in [4.69, 9.17) is 4.74 Å². The molecule has 1 fully saturated rings. The molecule has 0 radical (unpaired) electrons. The number of rotatable bonds is 6. The van der Waals surface area contributed by atoms with Crippen LogP contribution in [0.25, 0.3) is 0 Å². The second kappa shape index (κ2) is 9.12. The summed E-state index contributed by atoms with van der Waals surface area (Å²) in [5.74, 6) is -0.172. The Morgan fingerprint density at radius 3 is 2.41 bits per heavy atom. The molecule has 0 saturated carbocycles. The maximum atomic E-state index is 13.4. The van der Waals surface area contributed by atoms with Crippen molar-refractivity contribution in [3.8, 4) is 5.75 Å². The van der Waals surface area contributed by atoms with Gasteiger partial charge in [-0.3, -0.25) is 19.3 Å². The van der Waals surface area contributed by atoms with Crippen LogP contribution in [-0.2, 0) is 6.54 Å². The fourth-order valence-corrected chi connectivity index (χ4v) is 4.42. The first-order valence-electron chi connectivity index (χ1n) is 11.1. The van der Waals surface area contributed by atoms with E-state index in [1.54, 1.807) is 36.4 Å². The highest BCUT2D eigenvalue weighted by atomic mass is 16.5. The molecule has 0 N–H and O–H groups in total. The molecule has 1 atom stereocenters. The molecule has 2 aliphatic rings. The number of carbonyl (C=O) groups excluding carboxylic acids is 3. The van der Waals surface area contributed by atoms with Crippen LogP contribution in [0.3, 0.4) is 0 Å². The van der Waals surface area contributed by atoms with Crippen molar-refractivity contribution in [2.45, 2.75) is 32.4 Å². The van der Waals surface area contributed by atoms with Crippen LogP contribution >= 0.6 is 0 Å². The van der Waals surface area contributed by atoms with Gasteiger partial charge in [-0.05, 0) is 63.7 Å². The molecule has 7 heteroatoms. The minimum absolute atomic E-state index is 0.0794. The highest BCUT2D eigenvalue weighted by Gasteiger charge is 2.35. The molecule has 2 aromatic carbocycles. The zero-order valence-corrected chi connectivity index (χ0v) is 18.8. The van der Waals surface area contributed by atoms with Crippen LogP contribution in [0.15, 0.2) is 42.5 Å². The van der Waals surface area contributed by atoms with E-state index < -0.39 is 0 Å². The minimum Gasteiger partial charge on any atom is -0.493 e. The van der Waals surface area contributed by atoms with Gasteiger partial charge in [0, 0.05) is 19.1 Å². The highest BCUT2D eigenvalue weighted by Crippen LogP contribution is 2.28. The fourth-order valence-electron chi connectivity index (χ4n) is 4.42. The normalized spacial score (nSPS) is 18.3. The SMILES string of the molecule is CCOc1ccc(CN2C(=O)c3ccccc3C2=O)cc1C(=O)N1CCCC(N(C)C)C1. The number of likely N-dealkylation sites (tertiary alicyclic amines) is 1. The van der Waals surface area contributed by atoms with Gasteiger partial charge in [0.1, 0.15) is 5.75 Å². The van der Waals surface area contributed by atoms with Crippen molar-refractivity contribution in [1.29, 1.82) is 0 Å². The molecule has 2 aliphatic heterocycles. The fraction of sp³-hybridized carbons (Fsp3) is 0.400. The van der Waals surface area contributed by atoms with E-state index in [0.717, 1.165) is 12.8 Å². The number of amides is 3. The summed E-state index contributed by atoms with van der Waals surface area (Å²) >= 11 is 0. The molecule has 32 heavy (non-hydrogen) atoms. The van der Waals surface area contributed by atoms with Gasteiger partial charge in [-0.15, -0.1) is 0 Å². The summed E-state index contributed by atoms with van der Waals surface area (Å²) in [6, 6.07) is 12.5. The van der Waals surface area contributed by atoms with Crippen LogP contribution in [0.5, 0.6) is 5.75 Å². The van der Waals surface area contributed by atoms with E-state index in [1.807, 2.05) is 32.0 Å². The molecule has 7 nitrogen and oxygen atoms in total. The molecule has 3 amide bonds. The Kier molecular flexibility index (Phi) is 6.28. The smallest absolute Gasteiger partial charge is 0.261 e. The number of imide groups is 1. The standard InChI is InChI=1S/C25H29N3O4/c1-4-32-22-12-11-17(15-28-24(30)19-9-5-6-10-20(19)25(28)31)14-21(22)23(29)27-13-7-8-18(16-27)26(2)3/h5-6,9-12,14,18H,4,7-8,13,15-16H2,1-3H3. The number of fused-ring (bicyclic) bond motifs is 1. The highest BCUT2D eigenvalue weighted by molar-refractivity contribution is 6.21. The number of benzene rings is 2. The van der Waals surface area contributed by atoms with Crippen molar-refractivity contribution in [3.63, 3.8) is 0 Å². The van der Waals surface area contributed by atoms with Crippen molar-refractivity contribution >= 4 is 17.7 Å². The maximum Gasteiger partial charge on any atom is 0.261 e. The summed E-state index contributed by atoms with van der Waals surface area (Å²) in [6.45, 7) is 3.80. The number of carbonyl (C=O) groups is 3. The Morgan fingerprint density at radius 1 is 1.09 bits per heavy atom. The van der Waals surface area contributed by atoms with E-state index >= 15 is 0 Å². The number of likely N-dealkylation sites (N-methyl/N-ethyl adjacent to an activating group) is 1. The lowest BCUT2D eigenvalue weighted by molar-refractivity contribution is 0.0629. The first kappa shape index (κ1) is 22.0. The molecule has 2 aromatic rings. The van der Waals surface area contributed by atoms with Gasteiger partial charge >= 0.3 is 0 Å². The summed E-state index contributed by atoms with van der Waals surface area (Å²) in [7, 11) is 4.07. The van der Waals surface area contributed by atoms with Gasteiger partial charge in [0.25, 0.3) is 17.7 Å². The van der Waals surface area contributed by atoms with Gasteiger partial charge in [0.15, 0.2) is 0 Å². The van der Waals surface area contributed by atoms with Crippen molar-refractivity contribution in [1.82, 2.24) is 14.7 Å². The summed E-state index contributed by atoms with van der Waals surface area (Å²) in [5.41, 5.74) is 2.03. The topological polar surface area (TPSA) is 70.2 Å². The summed E-state index contributed by atoms with van der Waals surface area (Å²) in [6.07, 6.45) is 2.02. The third-order valence-electron chi connectivity index (χ3n) is 6.21. The Morgan fingerprint density at radius 2 is 1.78 bits per heavy atom. The molecular formula is C25H29N3O4. The van der Waals surface area contributed by atoms with E-state index in [9.17, 15) is 14.4 Å². The molecule has 168 valence electrons. The van der Waals surface area contributed by atoms with Crippen molar-refractivity contribution in [2.24, 2.45) is 0 Å². The molecule has 1 saturated heterocycles. The van der Waals surface area contributed by atoms with Gasteiger partial charge in [-0.1, -0.05) is 18.2 Å². The lowest BCUT2D eigenvalue weighted by Gasteiger charge is -2.36. The lowest BCUT2D eigenvalue weighted by Crippen LogP contribution is -2.47. The largest absolute Gasteiger partial charge is 0.493 e. The van der Waals surface area contributed by atoms with Crippen molar-refractivity contribution in [2.75, 3.05) is 33.8 Å². The van der Waals surface area contributed by atoms with E-state index in [2.05, 4.69) is 4.90 Å². The van der Waals surface area contributed by atoms with Gasteiger partial charge in [-0.25, -0.2) is 0 Å². The predicted molar refractivity (Wildman–Crippen MR) is 121 cm³/mol. The second-order valence-corrected chi connectivity index (χ2v) is 8.52. The summed E-state index contributed by atoms with van der Waals surface area (Å²) in [5, 5.41) is 0. The number of piperidine rings is 1. The van der Waals surface area contributed by atoms with E-state index in [-0.39, 0.29) is 24.3 Å². The van der Waals surface area contributed by atoms with Gasteiger partial charge in [0.2, 0.25) is 0 Å². The third kappa shape index (κ3) is 4.12. The Bertz CT molecular complexity index is 1010. The third-order valence-corrected chi connectivity index (χ3v) is 6.21. The van der Waals surface area contributed by atoms with Crippen LogP contribution in [0, 0.1) is 0 Å². The van der Waals surface area contributed by atoms with Gasteiger partial charge < -0.3 is 14.5 Å². The summed E-state index contributed by atoms with van der Waals surface area (Å²) in [4.78, 5) is 44.2. The molecule has 2 heterocycles. The average Bonchev–Trinajstić information content (AvgIpc) is 3.05. The number of ether oxygens (including phenoxy) is 1. The van der Waals surface area contributed by atoms with Crippen LogP contribution in [0.4, 0.5) is 0 Å².